The van der Waals surface area contributed by atoms with Crippen molar-refractivity contribution in [2.45, 2.75) is 6.04 Å². The minimum atomic E-state index is -1.10. The van der Waals surface area contributed by atoms with E-state index in [9.17, 15) is 14.0 Å². The van der Waals surface area contributed by atoms with Crippen LogP contribution in [0.15, 0.2) is 18.2 Å². The molecule has 0 bridgehead atoms. The van der Waals surface area contributed by atoms with Gasteiger partial charge in [-0.05, 0) is 12.1 Å². The number of rotatable bonds is 2. The third kappa shape index (κ3) is 2.30. The van der Waals surface area contributed by atoms with E-state index < -0.39 is 23.7 Å². The number of carbonyl (C=O) groups excluding carboxylic acids is 1. The van der Waals surface area contributed by atoms with Gasteiger partial charge < -0.3 is 10.0 Å². The summed E-state index contributed by atoms with van der Waals surface area (Å²) in [5, 5.41) is 8.97. The lowest BCUT2D eigenvalue weighted by Gasteiger charge is -2.21. The van der Waals surface area contributed by atoms with Gasteiger partial charge in [0.25, 0.3) is 5.91 Å². The predicted octanol–water partition coefficient (Wildman–Crippen LogP) is 2.08. The molecule has 0 radical (unpaired) electrons. The molecule has 0 aliphatic carbocycles. The molecule has 1 aromatic carbocycles. The zero-order valence-electron chi connectivity index (χ0n) is 9.10. The van der Waals surface area contributed by atoms with Crippen LogP contribution in [0.2, 0.25) is 5.02 Å². The molecule has 7 heteroatoms. The summed E-state index contributed by atoms with van der Waals surface area (Å²) in [7, 11) is 0. The van der Waals surface area contributed by atoms with E-state index in [1.807, 2.05) is 0 Å². The summed E-state index contributed by atoms with van der Waals surface area (Å²) < 4.78 is 13.6. The van der Waals surface area contributed by atoms with E-state index in [0.29, 0.717) is 5.75 Å². The molecule has 0 saturated carbocycles. The number of hydrogen-bond donors (Lipinski definition) is 1. The lowest BCUT2D eigenvalue weighted by Crippen LogP contribution is -2.42. The highest BCUT2D eigenvalue weighted by atomic mass is 35.5. The van der Waals surface area contributed by atoms with Crippen LogP contribution in [-0.4, -0.2) is 39.6 Å². The molecule has 2 rings (SSSR count). The van der Waals surface area contributed by atoms with Crippen molar-refractivity contribution in [1.29, 1.82) is 0 Å². The Labute approximate surface area is 112 Å². The highest BCUT2D eigenvalue weighted by Gasteiger charge is 2.36. The van der Waals surface area contributed by atoms with Crippen LogP contribution in [0.5, 0.6) is 0 Å². The Morgan fingerprint density at radius 3 is 2.83 bits per heavy atom. The molecule has 18 heavy (non-hydrogen) atoms. The van der Waals surface area contributed by atoms with E-state index >= 15 is 0 Å². The molecule has 0 spiro atoms. The molecule has 96 valence electrons. The summed E-state index contributed by atoms with van der Waals surface area (Å²) >= 11 is 7.10. The summed E-state index contributed by atoms with van der Waals surface area (Å²) in [4.78, 5) is 24.2. The number of hydrogen-bond acceptors (Lipinski definition) is 3. The van der Waals surface area contributed by atoms with Crippen molar-refractivity contribution in [3.63, 3.8) is 0 Å². The normalized spacial score (nSPS) is 19.0. The summed E-state index contributed by atoms with van der Waals surface area (Å²) in [6.07, 6.45) is 0. The monoisotopic (exact) mass is 289 g/mol. The minimum Gasteiger partial charge on any atom is -0.480 e. The van der Waals surface area contributed by atoms with E-state index in [1.54, 1.807) is 0 Å². The van der Waals surface area contributed by atoms with Crippen LogP contribution < -0.4 is 0 Å². The van der Waals surface area contributed by atoms with Crippen LogP contribution >= 0.6 is 23.4 Å². The number of amides is 1. The van der Waals surface area contributed by atoms with Gasteiger partial charge in [0.15, 0.2) is 0 Å². The Hall–Kier alpha value is -1.27. The Bertz CT molecular complexity index is 491. The van der Waals surface area contributed by atoms with Crippen LogP contribution in [-0.2, 0) is 4.79 Å². The van der Waals surface area contributed by atoms with E-state index in [4.69, 9.17) is 16.7 Å². The molecule has 1 fully saturated rings. The van der Waals surface area contributed by atoms with Crippen molar-refractivity contribution < 1.29 is 19.1 Å². The van der Waals surface area contributed by atoms with Crippen LogP contribution in [0.3, 0.4) is 0 Å². The van der Waals surface area contributed by atoms with Gasteiger partial charge in [-0.25, -0.2) is 9.18 Å². The van der Waals surface area contributed by atoms with Crippen molar-refractivity contribution in [2.24, 2.45) is 0 Å². The molecular formula is C11H9ClFNO3S. The van der Waals surface area contributed by atoms with E-state index in [-0.39, 0.29) is 16.5 Å². The molecule has 1 atom stereocenters. The fraction of sp³-hybridized carbons (Fsp3) is 0.273. The van der Waals surface area contributed by atoms with Gasteiger partial charge in [-0.2, -0.15) is 0 Å². The first-order chi connectivity index (χ1) is 8.52. The summed E-state index contributed by atoms with van der Waals surface area (Å²) in [5.41, 5.74) is -0.270. The summed E-state index contributed by atoms with van der Waals surface area (Å²) in [6.45, 7) is 0. The van der Waals surface area contributed by atoms with Gasteiger partial charge in [0.05, 0.1) is 16.5 Å². The van der Waals surface area contributed by atoms with Crippen molar-refractivity contribution in [3.05, 3.63) is 34.6 Å². The standard InChI is InChI=1S/C11H9ClFNO3S/c12-6-2-1-3-7(13)9(6)10(15)14-5-18-4-8(14)11(16)17/h1-3,8H,4-5H2,(H,16,17). The van der Waals surface area contributed by atoms with E-state index in [2.05, 4.69) is 0 Å². The van der Waals surface area contributed by atoms with Crippen LogP contribution in [0.1, 0.15) is 10.4 Å². The summed E-state index contributed by atoms with van der Waals surface area (Å²) in [6, 6.07) is 2.98. The molecule has 1 aliphatic heterocycles. The Morgan fingerprint density at radius 1 is 1.50 bits per heavy atom. The van der Waals surface area contributed by atoms with E-state index in [0.717, 1.165) is 11.0 Å². The first-order valence-electron chi connectivity index (χ1n) is 5.08. The predicted molar refractivity (Wildman–Crippen MR) is 66.3 cm³/mol. The number of benzene rings is 1. The number of carboxylic acids is 1. The van der Waals surface area contributed by atoms with Crippen LogP contribution in [0.25, 0.3) is 0 Å². The second-order valence-corrected chi connectivity index (χ2v) is 5.13. The van der Waals surface area contributed by atoms with Gasteiger partial charge in [-0.3, -0.25) is 4.79 Å². The largest absolute Gasteiger partial charge is 0.480 e. The second-order valence-electron chi connectivity index (χ2n) is 3.73. The van der Waals surface area contributed by atoms with Gasteiger partial charge >= 0.3 is 5.97 Å². The zero-order chi connectivity index (χ0) is 13.3. The number of carboxylic acid groups (broad SMARTS) is 1. The van der Waals surface area contributed by atoms with Crippen molar-refractivity contribution in [1.82, 2.24) is 4.90 Å². The van der Waals surface area contributed by atoms with Gasteiger partial charge in [-0.1, -0.05) is 17.7 Å². The molecule has 1 saturated heterocycles. The number of carbonyl (C=O) groups is 2. The second kappa shape index (κ2) is 5.16. The number of aliphatic carboxylic acids is 1. The van der Waals surface area contributed by atoms with Crippen LogP contribution in [0, 0.1) is 5.82 Å². The average Bonchev–Trinajstić information content (AvgIpc) is 2.77. The van der Waals surface area contributed by atoms with Gasteiger partial charge in [0.2, 0.25) is 0 Å². The highest BCUT2D eigenvalue weighted by molar-refractivity contribution is 7.99. The minimum absolute atomic E-state index is 0.0129. The molecule has 1 heterocycles. The zero-order valence-corrected chi connectivity index (χ0v) is 10.7. The lowest BCUT2D eigenvalue weighted by atomic mass is 10.1. The third-order valence-corrected chi connectivity index (χ3v) is 3.93. The molecule has 1 amide bonds. The maximum Gasteiger partial charge on any atom is 0.327 e. The Kier molecular flexibility index (Phi) is 3.77. The maximum atomic E-state index is 13.6. The highest BCUT2D eigenvalue weighted by Crippen LogP contribution is 2.27. The summed E-state index contributed by atoms with van der Waals surface area (Å²) in [5.74, 6) is -2.00. The number of halogens is 2. The SMILES string of the molecule is O=C(O)C1CSCN1C(=O)c1c(F)cccc1Cl. The smallest absolute Gasteiger partial charge is 0.327 e. The fourth-order valence-corrected chi connectivity index (χ4v) is 3.08. The lowest BCUT2D eigenvalue weighted by molar-refractivity contribution is -0.140. The topological polar surface area (TPSA) is 57.6 Å². The fourth-order valence-electron chi connectivity index (χ4n) is 1.69. The van der Waals surface area contributed by atoms with E-state index in [1.165, 1.54) is 23.9 Å². The number of nitrogens with zero attached hydrogens (tertiary/aromatic N) is 1. The quantitative estimate of drug-likeness (QED) is 0.905. The van der Waals surface area contributed by atoms with Crippen molar-refractivity contribution >= 4 is 35.2 Å². The first kappa shape index (κ1) is 13.2. The Balaban J connectivity index is 2.34. The van der Waals surface area contributed by atoms with Crippen molar-refractivity contribution in [3.8, 4) is 0 Å². The molecule has 4 nitrogen and oxygen atoms in total. The molecule has 1 aliphatic rings. The van der Waals surface area contributed by atoms with Crippen LogP contribution in [0.4, 0.5) is 4.39 Å². The Morgan fingerprint density at radius 2 is 2.22 bits per heavy atom. The molecule has 1 N–H and O–H groups in total. The number of thioether (sulfide) groups is 1. The molecule has 1 aromatic rings. The average molecular weight is 290 g/mol. The maximum absolute atomic E-state index is 13.6. The first-order valence-corrected chi connectivity index (χ1v) is 6.61. The molecule has 0 aromatic heterocycles. The molecule has 1 unspecified atom stereocenters. The van der Waals surface area contributed by atoms with Gasteiger partial charge in [0.1, 0.15) is 11.9 Å². The van der Waals surface area contributed by atoms with Gasteiger partial charge in [-0.15, -0.1) is 11.8 Å². The van der Waals surface area contributed by atoms with Gasteiger partial charge in [0, 0.05) is 5.75 Å². The third-order valence-electron chi connectivity index (χ3n) is 2.60. The molecular weight excluding hydrogens is 281 g/mol. The van der Waals surface area contributed by atoms with Crippen molar-refractivity contribution in [2.75, 3.05) is 11.6 Å².